The van der Waals surface area contributed by atoms with Crippen LogP contribution >= 0.6 is 11.3 Å². The molecule has 0 fully saturated rings. The van der Waals surface area contributed by atoms with Gasteiger partial charge in [-0.1, -0.05) is 6.92 Å². The molecule has 0 saturated heterocycles. The predicted octanol–water partition coefficient (Wildman–Crippen LogP) is 3.35. The van der Waals surface area contributed by atoms with Gasteiger partial charge in [0.15, 0.2) is 0 Å². The summed E-state index contributed by atoms with van der Waals surface area (Å²) < 4.78 is 27.5. The third-order valence-corrected chi connectivity index (χ3v) is 6.44. The topological polar surface area (TPSA) is 62.3 Å². The highest BCUT2D eigenvalue weighted by molar-refractivity contribution is 7.94. The summed E-state index contributed by atoms with van der Waals surface area (Å²) in [6, 6.07) is 7.05. The highest BCUT2D eigenvalue weighted by Gasteiger charge is 2.17. The largest absolute Gasteiger partial charge is 0.371 e. The van der Waals surface area contributed by atoms with Crippen LogP contribution in [0.2, 0.25) is 0 Å². The van der Waals surface area contributed by atoms with E-state index < -0.39 is 10.0 Å². The summed E-state index contributed by atoms with van der Waals surface area (Å²) >= 11 is 1.29. The van der Waals surface area contributed by atoms with Gasteiger partial charge in [-0.25, -0.2) is 13.4 Å². The monoisotopic (exact) mass is 339 g/mol. The van der Waals surface area contributed by atoms with E-state index in [-0.39, 0.29) is 0 Å². The predicted molar refractivity (Wildman–Crippen MR) is 92.3 cm³/mol. The fourth-order valence-electron chi connectivity index (χ4n) is 2.10. The van der Waals surface area contributed by atoms with Crippen molar-refractivity contribution in [2.24, 2.45) is 0 Å². The van der Waals surface area contributed by atoms with Crippen LogP contribution in [0.5, 0.6) is 0 Å². The summed E-state index contributed by atoms with van der Waals surface area (Å²) in [5.74, 6) is 0.336. The van der Waals surface area contributed by atoms with Crippen LogP contribution in [-0.2, 0) is 16.4 Å². The van der Waals surface area contributed by atoms with Gasteiger partial charge in [-0.15, -0.1) is 11.3 Å². The Hall–Kier alpha value is -1.60. The summed E-state index contributed by atoms with van der Waals surface area (Å²) in [6.07, 6.45) is 2.52. The van der Waals surface area contributed by atoms with Crippen LogP contribution in [0.25, 0.3) is 0 Å². The zero-order valence-electron chi connectivity index (χ0n) is 13.0. The lowest BCUT2D eigenvalue weighted by atomic mass is 10.3. The Morgan fingerprint density at radius 1 is 1.14 bits per heavy atom. The molecule has 0 unspecified atom stereocenters. The van der Waals surface area contributed by atoms with Gasteiger partial charge in [0, 0.05) is 18.0 Å². The number of hydrogen-bond donors (Lipinski definition) is 1. The second-order valence-corrected chi connectivity index (χ2v) is 7.83. The van der Waals surface area contributed by atoms with Crippen LogP contribution in [0.1, 0.15) is 25.6 Å². The Balaban J connectivity index is 2.16. The average Bonchev–Trinajstić information content (AvgIpc) is 3.00. The molecular weight excluding hydrogens is 318 g/mol. The fraction of sp³-hybridized carbons (Fsp3) is 0.400. The summed E-state index contributed by atoms with van der Waals surface area (Å²) in [5, 5.41) is 0. The van der Waals surface area contributed by atoms with Gasteiger partial charge >= 0.3 is 0 Å². The normalized spacial score (nSPS) is 11.4. The molecule has 0 radical (unpaired) electrons. The van der Waals surface area contributed by atoms with Crippen molar-refractivity contribution in [3.63, 3.8) is 0 Å². The summed E-state index contributed by atoms with van der Waals surface area (Å²) in [6.45, 7) is 7.92. The van der Waals surface area contributed by atoms with Crippen molar-refractivity contribution in [2.45, 2.75) is 31.4 Å². The summed E-state index contributed by atoms with van der Waals surface area (Å²) in [4.78, 5) is 7.40. The molecule has 5 nitrogen and oxygen atoms in total. The van der Waals surface area contributed by atoms with E-state index in [9.17, 15) is 8.42 Å². The first-order chi connectivity index (χ1) is 10.5. The van der Waals surface area contributed by atoms with Crippen molar-refractivity contribution < 1.29 is 8.42 Å². The number of nitrogens with zero attached hydrogens (tertiary/aromatic N) is 2. The maximum Gasteiger partial charge on any atom is 0.272 e. The van der Waals surface area contributed by atoms with Crippen molar-refractivity contribution in [3.8, 4) is 0 Å². The molecule has 2 aromatic rings. The number of aromatic nitrogens is 1. The molecule has 0 aliphatic heterocycles. The van der Waals surface area contributed by atoms with E-state index in [0.29, 0.717) is 10.0 Å². The standard InChI is InChI=1S/C15H21N3O2S2/c1-4-13-8-10-15(21-13)22(19,20)17-14-9-7-12(11-16-14)18(5-2)6-3/h7-11H,4-6H2,1-3H3,(H,16,17). The molecule has 7 heteroatoms. The van der Waals surface area contributed by atoms with Crippen molar-refractivity contribution >= 4 is 32.9 Å². The van der Waals surface area contributed by atoms with Gasteiger partial charge in [0.2, 0.25) is 0 Å². The third-order valence-electron chi connectivity index (χ3n) is 3.37. The maximum atomic E-state index is 12.3. The molecule has 2 rings (SSSR count). The molecule has 0 aliphatic rings. The van der Waals surface area contributed by atoms with Crippen molar-refractivity contribution in [1.29, 1.82) is 0 Å². The molecule has 0 spiro atoms. The molecule has 2 heterocycles. The Morgan fingerprint density at radius 3 is 2.36 bits per heavy atom. The average molecular weight is 339 g/mol. The number of rotatable bonds is 7. The van der Waals surface area contributed by atoms with Gasteiger partial charge < -0.3 is 4.90 Å². The van der Waals surface area contributed by atoms with Gasteiger partial charge in [0.1, 0.15) is 10.0 Å². The van der Waals surface area contributed by atoms with Crippen LogP contribution in [0.3, 0.4) is 0 Å². The smallest absolute Gasteiger partial charge is 0.272 e. The van der Waals surface area contributed by atoms with E-state index in [1.807, 2.05) is 19.1 Å². The van der Waals surface area contributed by atoms with E-state index in [2.05, 4.69) is 28.5 Å². The van der Waals surface area contributed by atoms with Crippen LogP contribution < -0.4 is 9.62 Å². The first kappa shape index (κ1) is 16.8. The lowest BCUT2D eigenvalue weighted by Gasteiger charge is -2.20. The molecular formula is C15H21N3O2S2. The molecule has 0 bridgehead atoms. The molecule has 0 amide bonds. The molecule has 22 heavy (non-hydrogen) atoms. The Kier molecular flexibility index (Phi) is 5.42. The Bertz CT molecular complexity index is 705. The minimum atomic E-state index is -3.55. The fourth-order valence-corrected chi connectivity index (χ4v) is 4.41. The lowest BCUT2D eigenvalue weighted by Crippen LogP contribution is -2.22. The molecule has 0 aliphatic carbocycles. The number of pyridine rings is 1. The zero-order chi connectivity index (χ0) is 16.2. The van der Waals surface area contributed by atoms with Crippen LogP contribution in [0.4, 0.5) is 11.5 Å². The van der Waals surface area contributed by atoms with Gasteiger partial charge in [0.25, 0.3) is 10.0 Å². The number of aryl methyl sites for hydroxylation is 1. The van der Waals surface area contributed by atoms with Crippen LogP contribution in [-0.4, -0.2) is 26.5 Å². The molecule has 0 atom stereocenters. The maximum absolute atomic E-state index is 12.3. The highest BCUT2D eigenvalue weighted by Crippen LogP contribution is 2.24. The van der Waals surface area contributed by atoms with Gasteiger partial charge in [-0.05, 0) is 44.5 Å². The summed E-state index contributed by atoms with van der Waals surface area (Å²) in [5.41, 5.74) is 0.984. The number of nitrogens with one attached hydrogen (secondary N) is 1. The minimum absolute atomic E-state index is 0.318. The lowest BCUT2D eigenvalue weighted by molar-refractivity contribution is 0.603. The van der Waals surface area contributed by atoms with Crippen molar-refractivity contribution in [2.75, 3.05) is 22.7 Å². The highest BCUT2D eigenvalue weighted by atomic mass is 32.2. The quantitative estimate of drug-likeness (QED) is 0.840. The van der Waals surface area contributed by atoms with Crippen LogP contribution in [0, 0.1) is 0 Å². The first-order valence-electron chi connectivity index (χ1n) is 7.32. The first-order valence-corrected chi connectivity index (χ1v) is 9.62. The van der Waals surface area contributed by atoms with Crippen molar-refractivity contribution in [1.82, 2.24) is 4.98 Å². The second kappa shape index (κ2) is 7.11. The third kappa shape index (κ3) is 3.78. The van der Waals surface area contributed by atoms with E-state index in [1.165, 1.54) is 11.3 Å². The van der Waals surface area contributed by atoms with Gasteiger partial charge in [-0.2, -0.15) is 0 Å². The molecule has 120 valence electrons. The Morgan fingerprint density at radius 2 is 1.86 bits per heavy atom. The molecule has 0 aromatic carbocycles. The van der Waals surface area contributed by atoms with Crippen molar-refractivity contribution in [3.05, 3.63) is 35.3 Å². The number of thiophene rings is 1. The molecule has 2 aromatic heterocycles. The van der Waals surface area contributed by atoms with Crippen LogP contribution in [0.15, 0.2) is 34.7 Å². The van der Waals surface area contributed by atoms with Gasteiger partial charge in [0.05, 0.1) is 11.9 Å². The molecule has 0 saturated carbocycles. The van der Waals surface area contributed by atoms with E-state index >= 15 is 0 Å². The second-order valence-electron chi connectivity index (χ2n) is 4.75. The van der Waals surface area contributed by atoms with Gasteiger partial charge in [-0.3, -0.25) is 4.72 Å². The van der Waals surface area contributed by atoms with E-state index in [4.69, 9.17) is 0 Å². The zero-order valence-corrected chi connectivity index (χ0v) is 14.7. The SMILES string of the molecule is CCc1ccc(S(=O)(=O)Nc2ccc(N(CC)CC)cn2)s1. The number of hydrogen-bond acceptors (Lipinski definition) is 5. The molecule has 1 N–H and O–H groups in total. The Labute approximate surface area is 136 Å². The minimum Gasteiger partial charge on any atom is -0.371 e. The van der Waals surface area contributed by atoms with E-state index in [0.717, 1.165) is 30.1 Å². The number of anilines is 2. The summed E-state index contributed by atoms with van der Waals surface area (Å²) in [7, 11) is -3.55. The van der Waals surface area contributed by atoms with E-state index in [1.54, 1.807) is 18.3 Å². The number of sulfonamides is 1.